The molecule has 2 saturated heterocycles. The van der Waals surface area contributed by atoms with Gasteiger partial charge in [-0.2, -0.15) is 26.3 Å². The molecule has 0 saturated carbocycles. The van der Waals surface area contributed by atoms with E-state index in [0.29, 0.717) is 32.0 Å². The number of piperazine rings is 1. The second-order valence-electron chi connectivity index (χ2n) is 8.56. The number of carbonyl (C=O) groups is 1. The molecular formula is C21H24F9N3O4. The summed E-state index contributed by atoms with van der Waals surface area (Å²) < 4.78 is 129. The van der Waals surface area contributed by atoms with Crippen LogP contribution in [0.2, 0.25) is 0 Å². The number of benzene rings is 1. The Morgan fingerprint density at radius 1 is 1.00 bits per heavy atom. The van der Waals surface area contributed by atoms with Gasteiger partial charge in [-0.25, -0.2) is 4.79 Å². The molecule has 2 aliphatic heterocycles. The minimum absolute atomic E-state index is 0.0428. The summed E-state index contributed by atoms with van der Waals surface area (Å²) in [6.07, 6.45) is -22.7. The van der Waals surface area contributed by atoms with Crippen molar-refractivity contribution in [3.05, 3.63) is 23.8 Å². The lowest BCUT2D eigenvalue weighted by molar-refractivity contribution is -0.308. The van der Waals surface area contributed by atoms with Crippen LogP contribution in [0.5, 0.6) is 5.75 Å². The summed E-state index contributed by atoms with van der Waals surface area (Å²) in [5, 5.41) is 0. The average molecular weight is 553 g/mol. The maximum absolute atomic E-state index is 13.1. The first-order valence-electron chi connectivity index (χ1n) is 11.1. The molecule has 0 bridgehead atoms. The van der Waals surface area contributed by atoms with Crippen LogP contribution in [-0.2, 0) is 16.0 Å². The van der Waals surface area contributed by atoms with Gasteiger partial charge in [0.1, 0.15) is 5.75 Å². The first-order chi connectivity index (χ1) is 17.0. The van der Waals surface area contributed by atoms with Crippen LogP contribution < -0.4 is 9.64 Å². The van der Waals surface area contributed by atoms with Crippen molar-refractivity contribution in [2.45, 2.75) is 44.3 Å². The molecule has 2 heterocycles. The van der Waals surface area contributed by atoms with E-state index >= 15 is 0 Å². The highest BCUT2D eigenvalue weighted by molar-refractivity contribution is 5.68. The Hall–Kier alpha value is -2.62. The number of nitrogens with zero attached hydrogens (tertiary/aromatic N) is 3. The van der Waals surface area contributed by atoms with Crippen LogP contribution >= 0.6 is 0 Å². The zero-order chi connectivity index (χ0) is 27.6. The van der Waals surface area contributed by atoms with E-state index in [0.717, 1.165) is 4.90 Å². The Labute approximate surface area is 205 Å². The van der Waals surface area contributed by atoms with E-state index in [1.807, 2.05) is 4.90 Å². The number of carbonyl (C=O) groups excluding carboxylic acids is 1. The van der Waals surface area contributed by atoms with Gasteiger partial charge < -0.3 is 24.0 Å². The summed E-state index contributed by atoms with van der Waals surface area (Å²) >= 11 is 0. The monoisotopic (exact) mass is 553 g/mol. The summed E-state index contributed by atoms with van der Waals surface area (Å²) in [5.74, 6) is -0.441. The van der Waals surface area contributed by atoms with E-state index < -0.39 is 42.7 Å². The van der Waals surface area contributed by atoms with Crippen LogP contribution in [0.25, 0.3) is 0 Å². The van der Waals surface area contributed by atoms with E-state index in [9.17, 15) is 44.3 Å². The van der Waals surface area contributed by atoms with Crippen LogP contribution in [-0.4, -0.2) is 92.7 Å². The van der Waals surface area contributed by atoms with Gasteiger partial charge in [0, 0.05) is 62.6 Å². The molecule has 7 nitrogen and oxygen atoms in total. The third-order valence-electron chi connectivity index (χ3n) is 5.81. The fourth-order valence-corrected chi connectivity index (χ4v) is 4.09. The second kappa shape index (κ2) is 11.0. The number of ether oxygens (including phenoxy) is 3. The van der Waals surface area contributed by atoms with Crippen LogP contribution in [0.3, 0.4) is 0 Å². The van der Waals surface area contributed by atoms with Gasteiger partial charge in [-0.05, 0) is 13.0 Å². The van der Waals surface area contributed by atoms with Gasteiger partial charge in [0.15, 0.2) is 0 Å². The first-order valence-corrected chi connectivity index (χ1v) is 11.1. The minimum atomic E-state index is -5.85. The number of hydrogen-bond acceptors (Lipinski definition) is 6. The average Bonchev–Trinajstić information content (AvgIpc) is 2.76. The van der Waals surface area contributed by atoms with Crippen LogP contribution in [0.1, 0.15) is 12.5 Å². The number of amides is 1. The van der Waals surface area contributed by atoms with Crippen molar-refractivity contribution in [2.75, 3.05) is 50.8 Å². The normalized spacial score (nSPS) is 20.4. The molecule has 3 rings (SSSR count). The van der Waals surface area contributed by atoms with Gasteiger partial charge >= 0.3 is 24.8 Å². The van der Waals surface area contributed by atoms with Crippen molar-refractivity contribution in [3.63, 3.8) is 0 Å². The molecule has 1 aromatic rings. The molecule has 1 atom stereocenters. The first kappa shape index (κ1) is 28.9. The quantitative estimate of drug-likeness (QED) is 0.499. The Morgan fingerprint density at radius 3 is 2.16 bits per heavy atom. The molecule has 1 amide bonds. The van der Waals surface area contributed by atoms with Gasteiger partial charge in [-0.3, -0.25) is 4.90 Å². The molecule has 2 fully saturated rings. The molecule has 0 spiro atoms. The molecule has 0 aromatic heterocycles. The summed E-state index contributed by atoms with van der Waals surface area (Å²) in [5.41, 5.74) is 0.655. The van der Waals surface area contributed by atoms with Gasteiger partial charge in [-0.1, -0.05) is 6.07 Å². The smallest absolute Gasteiger partial charge is 0.426 e. The SMILES string of the molecule is CC1CN(Cc2ccc(N3CCOCC3)cc2OC(F)(F)F)CCN1C(=O)OC(C(F)(F)F)C(F)(F)F. The van der Waals surface area contributed by atoms with Crippen molar-refractivity contribution < 1.29 is 58.5 Å². The number of alkyl halides is 9. The third-order valence-corrected chi connectivity index (χ3v) is 5.81. The Kier molecular flexibility index (Phi) is 8.61. The summed E-state index contributed by atoms with van der Waals surface area (Å²) in [6.45, 7) is 2.68. The highest BCUT2D eigenvalue weighted by Gasteiger charge is 2.60. The van der Waals surface area contributed by atoms with E-state index in [4.69, 9.17) is 4.74 Å². The summed E-state index contributed by atoms with van der Waals surface area (Å²) in [7, 11) is 0. The Balaban J connectivity index is 1.69. The maximum Gasteiger partial charge on any atom is 0.573 e. The molecule has 16 heteroatoms. The highest BCUT2D eigenvalue weighted by Crippen LogP contribution is 2.36. The van der Waals surface area contributed by atoms with Crippen molar-refractivity contribution in [2.24, 2.45) is 0 Å². The van der Waals surface area contributed by atoms with Crippen molar-refractivity contribution in [1.82, 2.24) is 9.80 Å². The number of hydrogen-bond donors (Lipinski definition) is 0. The molecule has 0 aliphatic carbocycles. The summed E-state index contributed by atoms with van der Waals surface area (Å²) in [6, 6.07) is 3.44. The number of halogens is 9. The van der Waals surface area contributed by atoms with Crippen molar-refractivity contribution >= 4 is 11.8 Å². The van der Waals surface area contributed by atoms with E-state index in [-0.39, 0.29) is 31.7 Å². The Bertz CT molecular complexity index is 919. The van der Waals surface area contributed by atoms with Crippen LogP contribution in [0.4, 0.5) is 50.0 Å². The number of morpholine rings is 1. The topological polar surface area (TPSA) is 54.5 Å². The molecule has 0 radical (unpaired) electrons. The molecule has 210 valence electrons. The molecule has 37 heavy (non-hydrogen) atoms. The van der Waals surface area contributed by atoms with Gasteiger partial charge in [0.05, 0.1) is 13.2 Å². The van der Waals surface area contributed by atoms with E-state index in [2.05, 4.69) is 9.47 Å². The zero-order valence-corrected chi connectivity index (χ0v) is 19.4. The predicted octanol–water partition coefficient (Wildman–Crippen LogP) is 4.56. The third kappa shape index (κ3) is 7.93. The lowest BCUT2D eigenvalue weighted by Gasteiger charge is -2.40. The lowest BCUT2D eigenvalue weighted by atomic mass is 10.1. The number of anilines is 1. The fraction of sp³-hybridized carbons (Fsp3) is 0.667. The minimum Gasteiger partial charge on any atom is -0.426 e. The number of rotatable bonds is 5. The maximum atomic E-state index is 13.1. The van der Waals surface area contributed by atoms with Gasteiger partial charge in [0.25, 0.3) is 6.10 Å². The second-order valence-corrected chi connectivity index (χ2v) is 8.56. The molecule has 1 unspecified atom stereocenters. The highest BCUT2D eigenvalue weighted by atomic mass is 19.4. The van der Waals surface area contributed by atoms with Gasteiger partial charge in [0.2, 0.25) is 0 Å². The summed E-state index contributed by atoms with van der Waals surface area (Å²) in [4.78, 5) is 16.3. The van der Waals surface area contributed by atoms with E-state index in [1.54, 1.807) is 11.0 Å². The standard InChI is InChI=1S/C21H24F9N3O4/c1-13-11-31(4-5-33(13)18(34)36-17(19(22,23)24)20(25,26)27)12-14-2-3-15(32-6-8-35-9-7-32)10-16(14)37-21(28,29)30/h2-3,10,13,17H,4-9,11-12H2,1H3. The molecule has 2 aliphatic rings. The van der Waals surface area contributed by atoms with Crippen LogP contribution in [0, 0.1) is 0 Å². The fourth-order valence-electron chi connectivity index (χ4n) is 4.09. The Morgan fingerprint density at radius 2 is 1.62 bits per heavy atom. The van der Waals surface area contributed by atoms with Crippen molar-refractivity contribution in [1.29, 1.82) is 0 Å². The molecule has 1 aromatic carbocycles. The molecule has 0 N–H and O–H groups in total. The van der Waals surface area contributed by atoms with Crippen LogP contribution in [0.15, 0.2) is 18.2 Å². The molecular weight excluding hydrogens is 529 g/mol. The predicted molar refractivity (Wildman–Crippen MR) is 110 cm³/mol. The lowest BCUT2D eigenvalue weighted by Crippen LogP contribution is -2.56. The zero-order valence-electron chi connectivity index (χ0n) is 19.4. The van der Waals surface area contributed by atoms with Crippen molar-refractivity contribution in [3.8, 4) is 5.75 Å². The van der Waals surface area contributed by atoms with Gasteiger partial charge in [-0.15, -0.1) is 13.2 Å². The largest absolute Gasteiger partial charge is 0.573 e. The van der Waals surface area contributed by atoms with E-state index in [1.165, 1.54) is 19.1 Å².